The number of ether oxygens (including phenoxy) is 1. The molecular weight excluding hydrogens is 276 g/mol. The molecule has 0 atom stereocenters. The van der Waals surface area contributed by atoms with Gasteiger partial charge in [0.05, 0.1) is 0 Å². The summed E-state index contributed by atoms with van der Waals surface area (Å²) < 4.78 is 11.2. The van der Waals surface area contributed by atoms with Crippen molar-refractivity contribution < 1.29 is 9.15 Å². The van der Waals surface area contributed by atoms with Crippen LogP contribution < -0.4 is 0 Å². The number of benzene rings is 1. The van der Waals surface area contributed by atoms with Crippen LogP contribution in [0.4, 0.5) is 0 Å². The Morgan fingerprint density at radius 3 is 2.23 bits per heavy atom. The van der Waals surface area contributed by atoms with Gasteiger partial charge in [0.15, 0.2) is 0 Å². The van der Waals surface area contributed by atoms with E-state index in [-0.39, 0.29) is 0 Å². The van der Waals surface area contributed by atoms with E-state index in [1.165, 1.54) is 5.56 Å². The van der Waals surface area contributed by atoms with E-state index in [4.69, 9.17) is 9.15 Å². The quantitative estimate of drug-likeness (QED) is 0.818. The fourth-order valence-electron chi connectivity index (χ4n) is 2.47. The lowest BCUT2D eigenvalue weighted by atomic mass is 10.0. The number of aromatic nitrogens is 2. The maximum Gasteiger partial charge on any atom is 0.247 e. The highest BCUT2D eigenvalue weighted by molar-refractivity contribution is 5.53. The lowest BCUT2D eigenvalue weighted by molar-refractivity contribution is 0.0795. The fraction of sp³-hybridized carbons (Fsp3) is 0.556. The average molecular weight is 302 g/mol. The van der Waals surface area contributed by atoms with Gasteiger partial charge in [-0.2, -0.15) is 0 Å². The molecule has 2 aromatic rings. The summed E-state index contributed by atoms with van der Waals surface area (Å²) in [4.78, 5) is 0. The van der Waals surface area contributed by atoms with Crippen molar-refractivity contribution >= 4 is 0 Å². The summed E-state index contributed by atoms with van der Waals surface area (Å²) in [5.41, 5.74) is 2.30. The Labute approximate surface area is 132 Å². The predicted molar refractivity (Wildman–Crippen MR) is 88.0 cm³/mol. The molecular formula is C18H26N2O2. The molecule has 0 bridgehead atoms. The number of rotatable bonds is 3. The maximum atomic E-state index is 5.83. The normalized spacial score (nSPS) is 15.5. The second kappa shape index (κ2) is 8.08. The van der Waals surface area contributed by atoms with Gasteiger partial charge in [-0.1, -0.05) is 39.8 Å². The zero-order chi connectivity index (χ0) is 15.9. The van der Waals surface area contributed by atoms with Crippen LogP contribution in [0.25, 0.3) is 11.5 Å². The molecule has 0 saturated carbocycles. The molecule has 120 valence electrons. The van der Waals surface area contributed by atoms with Gasteiger partial charge in [0, 0.05) is 24.7 Å². The van der Waals surface area contributed by atoms with Gasteiger partial charge in [0.2, 0.25) is 11.8 Å². The van der Waals surface area contributed by atoms with Crippen molar-refractivity contribution in [3.05, 3.63) is 35.7 Å². The number of hydrogen-bond donors (Lipinski definition) is 0. The second-order valence-electron chi connectivity index (χ2n) is 5.61. The molecule has 0 unspecified atom stereocenters. The molecule has 1 aliphatic rings. The second-order valence-corrected chi connectivity index (χ2v) is 5.61. The Hall–Kier alpha value is -1.68. The largest absolute Gasteiger partial charge is 0.420 e. The summed E-state index contributed by atoms with van der Waals surface area (Å²) in [6.45, 7) is 9.94. The minimum Gasteiger partial charge on any atom is -0.420 e. The van der Waals surface area contributed by atoms with E-state index < -0.39 is 0 Å². The molecule has 1 fully saturated rings. The minimum atomic E-state index is 0.347. The van der Waals surface area contributed by atoms with Crippen LogP contribution in [-0.2, 0) is 4.74 Å². The molecule has 0 aliphatic carbocycles. The standard InChI is InChI=1S/C16H20N2O2.C2H6/c1-11(2)12-3-5-13(6-4-12)15-17-18-16(20-15)14-7-9-19-10-8-14;1-2/h3-6,11,14H,7-10H2,1-2H3;1-2H3. The van der Waals surface area contributed by atoms with Gasteiger partial charge in [-0.3, -0.25) is 0 Å². The third-order valence-corrected chi connectivity index (χ3v) is 3.84. The molecule has 0 spiro atoms. The average Bonchev–Trinajstić information content (AvgIpc) is 3.08. The first-order chi connectivity index (χ1) is 10.7. The summed E-state index contributed by atoms with van der Waals surface area (Å²) in [6.07, 6.45) is 1.93. The Morgan fingerprint density at radius 1 is 1.00 bits per heavy atom. The Balaban J connectivity index is 0.000000847. The first-order valence-electron chi connectivity index (χ1n) is 8.25. The van der Waals surface area contributed by atoms with Crippen molar-refractivity contribution in [3.8, 4) is 11.5 Å². The van der Waals surface area contributed by atoms with Crippen molar-refractivity contribution in [3.63, 3.8) is 0 Å². The highest BCUT2D eigenvalue weighted by atomic mass is 16.5. The van der Waals surface area contributed by atoms with E-state index >= 15 is 0 Å². The van der Waals surface area contributed by atoms with Gasteiger partial charge in [0.25, 0.3) is 0 Å². The predicted octanol–water partition coefficient (Wildman–Crippen LogP) is 4.78. The van der Waals surface area contributed by atoms with Crippen LogP contribution in [0.2, 0.25) is 0 Å². The Bertz CT molecular complexity index is 555. The Morgan fingerprint density at radius 2 is 1.64 bits per heavy atom. The molecule has 0 amide bonds. The lowest BCUT2D eigenvalue weighted by Gasteiger charge is -2.18. The molecule has 4 nitrogen and oxygen atoms in total. The molecule has 22 heavy (non-hydrogen) atoms. The van der Waals surface area contributed by atoms with Crippen molar-refractivity contribution in [1.82, 2.24) is 10.2 Å². The molecule has 3 rings (SSSR count). The Kier molecular flexibility index (Phi) is 6.13. The van der Waals surface area contributed by atoms with E-state index in [1.54, 1.807) is 0 Å². The van der Waals surface area contributed by atoms with Gasteiger partial charge >= 0.3 is 0 Å². The molecule has 0 radical (unpaired) electrons. The van der Waals surface area contributed by atoms with Gasteiger partial charge in [-0.05, 0) is 36.5 Å². The van der Waals surface area contributed by atoms with Crippen molar-refractivity contribution in [2.45, 2.75) is 52.4 Å². The fourth-order valence-corrected chi connectivity index (χ4v) is 2.47. The smallest absolute Gasteiger partial charge is 0.247 e. The van der Waals surface area contributed by atoms with E-state index in [0.717, 1.165) is 37.5 Å². The SMILES string of the molecule is CC.CC(C)c1ccc(-c2nnc(C3CCOCC3)o2)cc1. The summed E-state index contributed by atoms with van der Waals surface area (Å²) in [5.74, 6) is 2.24. The van der Waals surface area contributed by atoms with Crippen LogP contribution in [0.5, 0.6) is 0 Å². The molecule has 0 N–H and O–H groups in total. The first kappa shape index (κ1) is 16.7. The van der Waals surface area contributed by atoms with Gasteiger partial charge in [0.1, 0.15) is 0 Å². The maximum absolute atomic E-state index is 5.83. The highest BCUT2D eigenvalue weighted by Gasteiger charge is 2.22. The third kappa shape index (κ3) is 3.95. The summed E-state index contributed by atoms with van der Waals surface area (Å²) >= 11 is 0. The summed E-state index contributed by atoms with van der Waals surface area (Å²) in [5, 5.41) is 8.38. The molecule has 1 aromatic heterocycles. The van der Waals surface area contributed by atoms with Crippen LogP contribution >= 0.6 is 0 Å². The molecule has 2 heterocycles. The topological polar surface area (TPSA) is 48.2 Å². The molecule has 1 saturated heterocycles. The van der Waals surface area contributed by atoms with Crippen LogP contribution in [0, 0.1) is 0 Å². The van der Waals surface area contributed by atoms with E-state index in [2.05, 4.69) is 48.3 Å². The van der Waals surface area contributed by atoms with E-state index in [0.29, 0.717) is 17.7 Å². The van der Waals surface area contributed by atoms with Crippen molar-refractivity contribution in [2.75, 3.05) is 13.2 Å². The highest BCUT2D eigenvalue weighted by Crippen LogP contribution is 2.28. The van der Waals surface area contributed by atoms with Crippen LogP contribution in [0.15, 0.2) is 28.7 Å². The molecule has 1 aromatic carbocycles. The van der Waals surface area contributed by atoms with E-state index in [1.807, 2.05) is 13.8 Å². The zero-order valence-corrected chi connectivity index (χ0v) is 14.0. The van der Waals surface area contributed by atoms with Crippen LogP contribution in [0.3, 0.4) is 0 Å². The van der Waals surface area contributed by atoms with Crippen LogP contribution in [0.1, 0.15) is 63.8 Å². The number of nitrogens with zero attached hydrogens (tertiary/aromatic N) is 2. The summed E-state index contributed by atoms with van der Waals surface area (Å²) in [6, 6.07) is 8.35. The van der Waals surface area contributed by atoms with E-state index in [9.17, 15) is 0 Å². The first-order valence-corrected chi connectivity index (χ1v) is 8.25. The van der Waals surface area contributed by atoms with Crippen molar-refractivity contribution in [1.29, 1.82) is 0 Å². The molecule has 4 heteroatoms. The monoisotopic (exact) mass is 302 g/mol. The number of hydrogen-bond acceptors (Lipinski definition) is 4. The minimum absolute atomic E-state index is 0.347. The van der Waals surface area contributed by atoms with Crippen LogP contribution in [-0.4, -0.2) is 23.4 Å². The van der Waals surface area contributed by atoms with Gasteiger partial charge < -0.3 is 9.15 Å². The van der Waals surface area contributed by atoms with Gasteiger partial charge in [-0.15, -0.1) is 10.2 Å². The lowest BCUT2D eigenvalue weighted by Crippen LogP contribution is -2.14. The third-order valence-electron chi connectivity index (χ3n) is 3.84. The van der Waals surface area contributed by atoms with Gasteiger partial charge in [-0.25, -0.2) is 0 Å². The molecule has 1 aliphatic heterocycles. The zero-order valence-electron chi connectivity index (χ0n) is 14.0. The summed E-state index contributed by atoms with van der Waals surface area (Å²) in [7, 11) is 0. The van der Waals surface area contributed by atoms with Crippen molar-refractivity contribution in [2.24, 2.45) is 0 Å².